The van der Waals surface area contributed by atoms with E-state index >= 15 is 0 Å². The lowest BCUT2D eigenvalue weighted by Gasteiger charge is -2.22. The van der Waals surface area contributed by atoms with Gasteiger partial charge in [0.2, 0.25) is 0 Å². The summed E-state index contributed by atoms with van der Waals surface area (Å²) in [5.74, 6) is 0.834. The molecule has 0 saturated carbocycles. The van der Waals surface area contributed by atoms with Crippen molar-refractivity contribution in [1.82, 2.24) is 5.32 Å². The first-order valence-corrected chi connectivity index (χ1v) is 8.72. The Morgan fingerprint density at radius 3 is 2.39 bits per heavy atom. The summed E-state index contributed by atoms with van der Waals surface area (Å²) >= 11 is 5.53. The molecule has 1 heterocycles. The van der Waals surface area contributed by atoms with Crippen molar-refractivity contribution in [2.45, 2.75) is 59.4 Å². The molecular weight excluding hydrogens is 306 g/mol. The highest BCUT2D eigenvalue weighted by Crippen LogP contribution is 2.35. The van der Waals surface area contributed by atoms with Crippen molar-refractivity contribution in [3.63, 3.8) is 0 Å². The highest BCUT2D eigenvalue weighted by Gasteiger charge is 2.18. The fourth-order valence-corrected chi connectivity index (χ4v) is 3.89. The maximum atomic E-state index is 3.71. The molecule has 0 amide bonds. The fourth-order valence-electron chi connectivity index (χ4n) is 2.23. The maximum Gasteiger partial charge on any atom is 0.0731 e. The zero-order chi connectivity index (χ0) is 13.5. The van der Waals surface area contributed by atoms with Crippen molar-refractivity contribution in [2.75, 3.05) is 6.54 Å². The Labute approximate surface area is 125 Å². The Kier molecular flexibility index (Phi) is 7.50. The van der Waals surface area contributed by atoms with Gasteiger partial charge in [0, 0.05) is 10.9 Å². The van der Waals surface area contributed by atoms with Crippen LogP contribution in [0.2, 0.25) is 0 Å². The van der Waals surface area contributed by atoms with E-state index in [0.29, 0.717) is 6.04 Å². The van der Waals surface area contributed by atoms with Gasteiger partial charge in [0.05, 0.1) is 3.79 Å². The van der Waals surface area contributed by atoms with Gasteiger partial charge in [-0.05, 0) is 59.8 Å². The highest BCUT2D eigenvalue weighted by molar-refractivity contribution is 9.11. The number of aryl methyl sites for hydroxylation is 1. The van der Waals surface area contributed by atoms with Crippen molar-refractivity contribution < 1.29 is 0 Å². The monoisotopic (exact) mass is 331 g/mol. The second kappa shape index (κ2) is 8.34. The predicted octanol–water partition coefficient (Wildman–Crippen LogP) is 5.69. The van der Waals surface area contributed by atoms with E-state index in [1.807, 2.05) is 11.3 Å². The molecule has 0 spiro atoms. The Bertz CT molecular complexity index is 325. The van der Waals surface area contributed by atoms with Gasteiger partial charge < -0.3 is 5.32 Å². The molecule has 0 aliphatic carbocycles. The number of hydrogen-bond donors (Lipinski definition) is 1. The van der Waals surface area contributed by atoms with Gasteiger partial charge in [-0.3, -0.25) is 0 Å². The molecule has 0 bridgehead atoms. The molecule has 18 heavy (non-hydrogen) atoms. The molecule has 0 aliphatic heterocycles. The molecule has 1 unspecified atom stereocenters. The first-order chi connectivity index (χ1) is 8.62. The zero-order valence-corrected chi connectivity index (χ0v) is 14.5. The lowest BCUT2D eigenvalue weighted by molar-refractivity contribution is 0.374. The van der Waals surface area contributed by atoms with Crippen molar-refractivity contribution in [3.05, 3.63) is 20.3 Å². The molecule has 0 aromatic carbocycles. The van der Waals surface area contributed by atoms with E-state index in [4.69, 9.17) is 0 Å². The third-order valence-electron chi connectivity index (χ3n) is 3.58. The fraction of sp³-hybridized carbons (Fsp3) is 0.733. The summed E-state index contributed by atoms with van der Waals surface area (Å²) in [4.78, 5) is 1.49. The molecule has 104 valence electrons. The van der Waals surface area contributed by atoms with Gasteiger partial charge in [0.25, 0.3) is 0 Å². The minimum Gasteiger partial charge on any atom is -0.309 e. The first-order valence-electron chi connectivity index (χ1n) is 7.11. The number of halogens is 1. The predicted molar refractivity (Wildman–Crippen MR) is 86.5 cm³/mol. The van der Waals surface area contributed by atoms with Gasteiger partial charge in [-0.25, -0.2) is 0 Å². The SMILES string of the molecule is CCCNC(CC(CC)CC)c1cc(C)c(Br)s1. The summed E-state index contributed by atoms with van der Waals surface area (Å²) in [7, 11) is 0. The molecule has 3 heteroatoms. The summed E-state index contributed by atoms with van der Waals surface area (Å²) < 4.78 is 1.28. The summed E-state index contributed by atoms with van der Waals surface area (Å²) in [6, 6.07) is 2.87. The Balaban J connectivity index is 2.76. The average Bonchev–Trinajstić information content (AvgIpc) is 2.70. The van der Waals surface area contributed by atoms with E-state index in [2.05, 4.69) is 55.0 Å². The lowest BCUT2D eigenvalue weighted by Crippen LogP contribution is -2.23. The van der Waals surface area contributed by atoms with E-state index in [9.17, 15) is 0 Å². The van der Waals surface area contributed by atoms with E-state index in [-0.39, 0.29) is 0 Å². The Morgan fingerprint density at radius 1 is 1.28 bits per heavy atom. The van der Waals surface area contributed by atoms with Crippen molar-refractivity contribution in [2.24, 2.45) is 5.92 Å². The van der Waals surface area contributed by atoms with Crippen LogP contribution in [-0.4, -0.2) is 6.54 Å². The van der Waals surface area contributed by atoms with Crippen LogP contribution in [0.3, 0.4) is 0 Å². The van der Waals surface area contributed by atoms with E-state index in [1.165, 1.54) is 39.9 Å². The molecular formula is C15H26BrNS. The smallest absolute Gasteiger partial charge is 0.0731 e. The molecule has 1 aromatic rings. The minimum absolute atomic E-state index is 0.532. The second-order valence-corrected chi connectivity index (χ2v) is 7.43. The summed E-state index contributed by atoms with van der Waals surface area (Å²) in [6.45, 7) is 10.1. The first kappa shape index (κ1) is 16.2. The van der Waals surface area contributed by atoms with Gasteiger partial charge in [0.15, 0.2) is 0 Å². The van der Waals surface area contributed by atoms with E-state index in [1.54, 1.807) is 0 Å². The molecule has 0 saturated heterocycles. The maximum absolute atomic E-state index is 3.71. The van der Waals surface area contributed by atoms with Gasteiger partial charge in [-0.15, -0.1) is 11.3 Å². The van der Waals surface area contributed by atoms with Crippen molar-refractivity contribution in [3.8, 4) is 0 Å². The minimum atomic E-state index is 0.532. The number of rotatable bonds is 8. The molecule has 0 radical (unpaired) electrons. The third kappa shape index (κ3) is 4.67. The normalized spacial score (nSPS) is 13.2. The van der Waals surface area contributed by atoms with E-state index < -0.39 is 0 Å². The van der Waals surface area contributed by atoms with Crippen LogP contribution in [0.4, 0.5) is 0 Å². The number of thiophene rings is 1. The molecule has 1 atom stereocenters. The van der Waals surface area contributed by atoms with Crippen LogP contribution < -0.4 is 5.32 Å². The highest BCUT2D eigenvalue weighted by atomic mass is 79.9. The zero-order valence-electron chi connectivity index (χ0n) is 12.1. The van der Waals surface area contributed by atoms with Crippen LogP contribution in [-0.2, 0) is 0 Å². The number of hydrogen-bond acceptors (Lipinski definition) is 2. The largest absolute Gasteiger partial charge is 0.309 e. The van der Waals surface area contributed by atoms with Crippen molar-refractivity contribution in [1.29, 1.82) is 0 Å². The van der Waals surface area contributed by atoms with Crippen molar-refractivity contribution >= 4 is 27.3 Å². The topological polar surface area (TPSA) is 12.0 Å². The van der Waals surface area contributed by atoms with Gasteiger partial charge in [-0.1, -0.05) is 33.6 Å². The number of nitrogens with one attached hydrogen (secondary N) is 1. The van der Waals surface area contributed by atoms with Gasteiger partial charge in [-0.2, -0.15) is 0 Å². The van der Waals surface area contributed by atoms with Crippen LogP contribution in [0.25, 0.3) is 0 Å². The summed E-state index contributed by atoms with van der Waals surface area (Å²) in [5, 5.41) is 3.71. The quantitative estimate of drug-likeness (QED) is 0.645. The standard InChI is InChI=1S/C15H26BrNS/c1-5-8-17-13(10-12(6-2)7-3)14-9-11(4)15(16)18-14/h9,12-13,17H,5-8,10H2,1-4H3. The Hall–Kier alpha value is 0.140. The van der Waals surface area contributed by atoms with E-state index in [0.717, 1.165) is 12.5 Å². The summed E-state index contributed by atoms with van der Waals surface area (Å²) in [6.07, 6.45) is 5.03. The van der Waals surface area contributed by atoms with Gasteiger partial charge >= 0.3 is 0 Å². The lowest BCUT2D eigenvalue weighted by atomic mass is 9.94. The molecule has 1 N–H and O–H groups in total. The Morgan fingerprint density at radius 2 is 1.94 bits per heavy atom. The van der Waals surface area contributed by atoms with Crippen LogP contribution in [0, 0.1) is 12.8 Å². The second-order valence-electron chi connectivity index (χ2n) is 5.03. The molecule has 0 fully saturated rings. The molecule has 0 aliphatic rings. The third-order valence-corrected chi connectivity index (χ3v) is 5.83. The van der Waals surface area contributed by atoms with Gasteiger partial charge in [0.1, 0.15) is 0 Å². The molecule has 1 rings (SSSR count). The van der Waals surface area contributed by atoms with Crippen LogP contribution in [0.15, 0.2) is 9.85 Å². The summed E-state index contributed by atoms with van der Waals surface area (Å²) in [5.41, 5.74) is 1.36. The molecule has 1 aromatic heterocycles. The van der Waals surface area contributed by atoms with Crippen LogP contribution >= 0.6 is 27.3 Å². The van der Waals surface area contributed by atoms with Crippen LogP contribution in [0.1, 0.15) is 62.9 Å². The molecule has 1 nitrogen and oxygen atoms in total. The van der Waals surface area contributed by atoms with Crippen LogP contribution in [0.5, 0.6) is 0 Å². The average molecular weight is 332 g/mol.